The number of nitrogens with one attached hydrogen (secondary N) is 1. The Morgan fingerprint density at radius 3 is 2.83 bits per heavy atom. The average Bonchev–Trinajstić information content (AvgIpc) is 2.59. The van der Waals surface area contributed by atoms with E-state index in [0.717, 1.165) is 42.1 Å². The van der Waals surface area contributed by atoms with Gasteiger partial charge in [0.05, 0.1) is 11.2 Å². The number of benzene rings is 1. The van der Waals surface area contributed by atoms with Crippen LogP contribution in [0.25, 0.3) is 10.9 Å². The maximum Gasteiger partial charge on any atom is 0.250 e. The summed E-state index contributed by atoms with van der Waals surface area (Å²) in [6.07, 6.45) is 3.81. The first kappa shape index (κ1) is 18.5. The minimum atomic E-state index is -0.220. The number of aryl methyl sites for hydroxylation is 1. The molecule has 3 N–H and O–H groups in total. The van der Waals surface area contributed by atoms with Crippen LogP contribution < -0.4 is 11.1 Å². The van der Waals surface area contributed by atoms with E-state index >= 15 is 0 Å². The molecule has 5 nitrogen and oxygen atoms in total. The highest BCUT2D eigenvalue weighted by molar-refractivity contribution is 6.17. The van der Waals surface area contributed by atoms with Gasteiger partial charge in [0.25, 0.3) is 0 Å². The normalized spacial score (nSPS) is 10.9. The van der Waals surface area contributed by atoms with E-state index < -0.39 is 0 Å². The molecule has 6 heteroatoms. The van der Waals surface area contributed by atoms with Crippen molar-refractivity contribution in [3.63, 3.8) is 0 Å². The standard InChI is InChI=1S/C18H24ClN3O2/c1-2-24-12-16(23)22-17-14(9-4-3-7-11-19)13-8-5-6-10-15(13)21-18(17)20/h5-6,8,10H,2-4,7,9,11-12H2,1H3,(H2,20,21)(H,22,23). The smallest absolute Gasteiger partial charge is 0.250 e. The number of para-hydroxylation sites is 1. The lowest BCUT2D eigenvalue weighted by Gasteiger charge is -2.16. The number of carbonyl (C=O) groups excluding carboxylic acids is 1. The molecule has 1 amide bonds. The van der Waals surface area contributed by atoms with E-state index in [9.17, 15) is 4.79 Å². The Hall–Kier alpha value is -1.85. The number of ether oxygens (including phenoxy) is 1. The Morgan fingerprint density at radius 1 is 1.29 bits per heavy atom. The number of amides is 1. The van der Waals surface area contributed by atoms with Gasteiger partial charge in [0.15, 0.2) is 0 Å². The summed E-state index contributed by atoms with van der Waals surface area (Å²) >= 11 is 5.75. The summed E-state index contributed by atoms with van der Waals surface area (Å²) in [5.41, 5.74) is 8.57. The molecule has 0 aliphatic heterocycles. The van der Waals surface area contributed by atoms with Crippen LogP contribution in [-0.2, 0) is 16.0 Å². The van der Waals surface area contributed by atoms with Crippen LogP contribution in [0.1, 0.15) is 31.7 Å². The van der Waals surface area contributed by atoms with Gasteiger partial charge in [-0.1, -0.05) is 24.6 Å². The lowest BCUT2D eigenvalue weighted by atomic mass is 10.0. The average molecular weight is 350 g/mol. The number of fused-ring (bicyclic) bond motifs is 1. The van der Waals surface area contributed by atoms with Crippen LogP contribution >= 0.6 is 11.6 Å². The van der Waals surface area contributed by atoms with E-state index in [0.29, 0.717) is 24.0 Å². The summed E-state index contributed by atoms with van der Waals surface area (Å²) in [7, 11) is 0. The second kappa shape index (κ2) is 9.45. The van der Waals surface area contributed by atoms with E-state index in [4.69, 9.17) is 22.1 Å². The zero-order valence-corrected chi connectivity index (χ0v) is 14.7. The number of halogens is 1. The largest absolute Gasteiger partial charge is 0.382 e. The first-order chi connectivity index (χ1) is 11.7. The van der Waals surface area contributed by atoms with Crippen LogP contribution in [0.15, 0.2) is 24.3 Å². The van der Waals surface area contributed by atoms with Crippen molar-refractivity contribution >= 4 is 39.9 Å². The van der Waals surface area contributed by atoms with Gasteiger partial charge in [-0.25, -0.2) is 4.98 Å². The van der Waals surface area contributed by atoms with Crippen LogP contribution in [0.2, 0.25) is 0 Å². The molecule has 130 valence electrons. The van der Waals surface area contributed by atoms with Crippen LogP contribution in [0, 0.1) is 0 Å². The molecular formula is C18H24ClN3O2. The summed E-state index contributed by atoms with van der Waals surface area (Å²) in [5.74, 6) is 0.783. The number of anilines is 2. The van der Waals surface area contributed by atoms with Gasteiger partial charge in [-0.15, -0.1) is 11.6 Å². The number of hydrogen-bond acceptors (Lipinski definition) is 4. The topological polar surface area (TPSA) is 77.2 Å². The molecule has 24 heavy (non-hydrogen) atoms. The van der Waals surface area contributed by atoms with Crippen LogP contribution in [0.5, 0.6) is 0 Å². The number of nitrogens with two attached hydrogens (primary N) is 1. The number of pyridine rings is 1. The summed E-state index contributed by atoms with van der Waals surface area (Å²) in [5, 5.41) is 3.89. The summed E-state index contributed by atoms with van der Waals surface area (Å²) in [4.78, 5) is 16.5. The van der Waals surface area contributed by atoms with Crippen molar-refractivity contribution in [2.45, 2.75) is 32.6 Å². The Balaban J connectivity index is 2.32. The summed E-state index contributed by atoms with van der Waals surface area (Å²) < 4.78 is 5.16. The molecule has 0 atom stereocenters. The highest BCUT2D eigenvalue weighted by Gasteiger charge is 2.15. The zero-order valence-electron chi connectivity index (χ0n) is 14.0. The minimum Gasteiger partial charge on any atom is -0.382 e. The fourth-order valence-electron chi connectivity index (χ4n) is 2.64. The number of alkyl halides is 1. The number of unbranched alkanes of at least 4 members (excludes halogenated alkanes) is 2. The van der Waals surface area contributed by atoms with Crippen molar-refractivity contribution in [2.75, 3.05) is 30.1 Å². The van der Waals surface area contributed by atoms with Gasteiger partial charge >= 0.3 is 0 Å². The quantitative estimate of drug-likeness (QED) is 0.534. The zero-order chi connectivity index (χ0) is 17.4. The Bertz CT molecular complexity index is 691. The second-order valence-electron chi connectivity index (χ2n) is 5.55. The van der Waals surface area contributed by atoms with Gasteiger partial charge in [0, 0.05) is 17.9 Å². The van der Waals surface area contributed by atoms with Crippen LogP contribution in [0.4, 0.5) is 11.5 Å². The SMILES string of the molecule is CCOCC(=O)Nc1c(N)nc2ccccc2c1CCCCCCl. The van der Waals surface area contributed by atoms with E-state index in [1.54, 1.807) is 0 Å². The molecule has 2 rings (SSSR count). The Labute approximate surface area is 147 Å². The van der Waals surface area contributed by atoms with Gasteiger partial charge in [-0.05, 0) is 37.8 Å². The Morgan fingerprint density at radius 2 is 2.08 bits per heavy atom. The molecule has 0 bridgehead atoms. The number of hydrogen-bond donors (Lipinski definition) is 2. The molecule has 0 aliphatic carbocycles. The molecule has 0 saturated heterocycles. The predicted octanol–water partition coefficient (Wildman–Crippen LogP) is 3.74. The fraction of sp³-hybridized carbons (Fsp3) is 0.444. The van der Waals surface area contributed by atoms with Crippen LogP contribution in [-0.4, -0.2) is 30.0 Å². The summed E-state index contributed by atoms with van der Waals surface area (Å²) in [6.45, 7) is 2.35. The van der Waals surface area contributed by atoms with E-state index in [1.807, 2.05) is 31.2 Å². The molecule has 1 aromatic heterocycles. The monoisotopic (exact) mass is 349 g/mol. The molecule has 0 fully saturated rings. The predicted molar refractivity (Wildman–Crippen MR) is 99.6 cm³/mol. The first-order valence-electron chi connectivity index (χ1n) is 8.28. The number of aromatic nitrogens is 1. The maximum atomic E-state index is 12.1. The third kappa shape index (κ3) is 4.82. The van der Waals surface area contributed by atoms with Gasteiger partial charge < -0.3 is 15.8 Å². The van der Waals surface area contributed by atoms with Crippen molar-refractivity contribution in [1.82, 2.24) is 4.98 Å². The maximum absolute atomic E-state index is 12.1. The molecular weight excluding hydrogens is 326 g/mol. The molecule has 1 aromatic carbocycles. The van der Waals surface area contributed by atoms with Gasteiger partial charge in [0.2, 0.25) is 5.91 Å². The van der Waals surface area contributed by atoms with Gasteiger partial charge in [-0.3, -0.25) is 4.79 Å². The van der Waals surface area contributed by atoms with Gasteiger partial charge in [-0.2, -0.15) is 0 Å². The fourth-order valence-corrected chi connectivity index (χ4v) is 2.83. The number of nitrogens with zero attached hydrogens (tertiary/aromatic N) is 1. The highest BCUT2D eigenvalue weighted by atomic mass is 35.5. The van der Waals surface area contributed by atoms with Crippen molar-refractivity contribution in [2.24, 2.45) is 0 Å². The third-order valence-corrected chi connectivity index (χ3v) is 4.06. The lowest BCUT2D eigenvalue weighted by Crippen LogP contribution is -2.20. The van der Waals surface area contributed by atoms with Crippen molar-refractivity contribution in [3.05, 3.63) is 29.8 Å². The van der Waals surface area contributed by atoms with E-state index in [-0.39, 0.29) is 12.5 Å². The summed E-state index contributed by atoms with van der Waals surface area (Å²) in [6, 6.07) is 7.84. The number of carbonyl (C=O) groups is 1. The molecule has 0 unspecified atom stereocenters. The first-order valence-corrected chi connectivity index (χ1v) is 8.81. The third-order valence-electron chi connectivity index (χ3n) is 3.79. The minimum absolute atomic E-state index is 0.00839. The van der Waals surface area contributed by atoms with Crippen molar-refractivity contribution < 1.29 is 9.53 Å². The Kier molecular flexibility index (Phi) is 7.28. The molecule has 0 radical (unpaired) electrons. The number of nitrogen functional groups attached to an aromatic ring is 1. The second-order valence-corrected chi connectivity index (χ2v) is 5.93. The molecule has 0 spiro atoms. The van der Waals surface area contributed by atoms with Crippen LogP contribution in [0.3, 0.4) is 0 Å². The lowest BCUT2D eigenvalue weighted by molar-refractivity contribution is -0.120. The van der Waals surface area contributed by atoms with Crippen molar-refractivity contribution in [1.29, 1.82) is 0 Å². The van der Waals surface area contributed by atoms with E-state index in [1.165, 1.54) is 0 Å². The molecule has 0 saturated carbocycles. The number of rotatable bonds is 9. The highest BCUT2D eigenvalue weighted by Crippen LogP contribution is 2.31. The molecule has 2 aromatic rings. The molecule has 0 aliphatic rings. The van der Waals surface area contributed by atoms with Crippen molar-refractivity contribution in [3.8, 4) is 0 Å². The van der Waals surface area contributed by atoms with E-state index in [2.05, 4.69) is 10.3 Å². The molecule has 1 heterocycles. The van der Waals surface area contributed by atoms with Gasteiger partial charge in [0.1, 0.15) is 12.4 Å².